The van der Waals surface area contributed by atoms with Crippen molar-refractivity contribution < 1.29 is 18.7 Å². The van der Waals surface area contributed by atoms with Crippen LogP contribution in [-0.2, 0) is 14.3 Å². The maximum atomic E-state index is 13.3. The lowest BCUT2D eigenvalue weighted by Gasteiger charge is -2.34. The van der Waals surface area contributed by atoms with Gasteiger partial charge in [-0.1, -0.05) is 17.7 Å². The van der Waals surface area contributed by atoms with Crippen LogP contribution in [0.5, 0.6) is 0 Å². The SMILES string of the molecule is CCOC(=O)CC(c1ccc(F)c(Cl)c1)N1CCOCC1. The van der Waals surface area contributed by atoms with Gasteiger partial charge in [-0.15, -0.1) is 0 Å². The molecule has 6 heteroatoms. The molecule has 0 aliphatic carbocycles. The van der Waals surface area contributed by atoms with E-state index in [1.165, 1.54) is 6.07 Å². The highest BCUT2D eigenvalue weighted by Gasteiger charge is 2.26. The van der Waals surface area contributed by atoms with E-state index in [9.17, 15) is 9.18 Å². The van der Waals surface area contributed by atoms with Crippen molar-refractivity contribution >= 4 is 17.6 Å². The van der Waals surface area contributed by atoms with Gasteiger partial charge in [0.25, 0.3) is 0 Å². The van der Waals surface area contributed by atoms with Crippen molar-refractivity contribution in [2.75, 3.05) is 32.9 Å². The minimum absolute atomic E-state index is 0.0645. The number of carbonyl (C=O) groups is 1. The van der Waals surface area contributed by atoms with Crippen LogP contribution in [0.1, 0.15) is 24.9 Å². The van der Waals surface area contributed by atoms with Crippen LogP contribution in [0.3, 0.4) is 0 Å². The molecular weight excluding hydrogens is 297 g/mol. The van der Waals surface area contributed by atoms with E-state index in [0.29, 0.717) is 19.8 Å². The lowest BCUT2D eigenvalue weighted by molar-refractivity contribution is -0.145. The molecule has 1 aliphatic rings. The number of hydrogen-bond donors (Lipinski definition) is 0. The van der Waals surface area contributed by atoms with Crippen molar-refractivity contribution in [1.82, 2.24) is 4.90 Å². The molecule has 4 nitrogen and oxygen atoms in total. The highest BCUT2D eigenvalue weighted by atomic mass is 35.5. The molecule has 1 aliphatic heterocycles. The topological polar surface area (TPSA) is 38.8 Å². The van der Waals surface area contributed by atoms with Crippen molar-refractivity contribution in [3.05, 3.63) is 34.6 Å². The lowest BCUT2D eigenvalue weighted by Crippen LogP contribution is -2.40. The van der Waals surface area contributed by atoms with Gasteiger partial charge in [-0.25, -0.2) is 4.39 Å². The summed E-state index contributed by atoms with van der Waals surface area (Å²) in [6.45, 7) is 4.80. The Morgan fingerprint density at radius 1 is 1.48 bits per heavy atom. The zero-order valence-corrected chi connectivity index (χ0v) is 12.7. The molecule has 0 radical (unpaired) electrons. The van der Waals surface area contributed by atoms with Gasteiger partial charge in [-0.3, -0.25) is 9.69 Å². The molecule has 1 atom stereocenters. The Morgan fingerprint density at radius 2 is 2.19 bits per heavy atom. The molecule has 1 saturated heterocycles. The van der Waals surface area contributed by atoms with Crippen LogP contribution in [0.4, 0.5) is 4.39 Å². The van der Waals surface area contributed by atoms with Gasteiger partial charge in [0.05, 0.1) is 31.3 Å². The summed E-state index contributed by atoms with van der Waals surface area (Å²) < 4.78 is 23.7. The van der Waals surface area contributed by atoms with Crippen LogP contribution in [0.25, 0.3) is 0 Å². The summed E-state index contributed by atoms with van der Waals surface area (Å²) >= 11 is 5.86. The Hall–Kier alpha value is -1.17. The van der Waals surface area contributed by atoms with E-state index in [1.807, 2.05) is 0 Å². The van der Waals surface area contributed by atoms with Crippen molar-refractivity contribution in [3.63, 3.8) is 0 Å². The predicted octanol–water partition coefficient (Wildman–Crippen LogP) is 2.81. The number of hydrogen-bond acceptors (Lipinski definition) is 4. The monoisotopic (exact) mass is 315 g/mol. The van der Waals surface area contributed by atoms with Gasteiger partial charge >= 0.3 is 5.97 Å². The van der Waals surface area contributed by atoms with Crippen LogP contribution in [0, 0.1) is 5.82 Å². The van der Waals surface area contributed by atoms with Gasteiger partial charge in [-0.05, 0) is 24.6 Å². The van der Waals surface area contributed by atoms with Crippen molar-refractivity contribution in [2.24, 2.45) is 0 Å². The molecule has 1 aromatic carbocycles. The minimum atomic E-state index is -0.461. The van der Waals surface area contributed by atoms with E-state index in [4.69, 9.17) is 21.1 Å². The largest absolute Gasteiger partial charge is 0.466 e. The summed E-state index contributed by atoms with van der Waals surface area (Å²) in [6, 6.07) is 4.40. The first-order chi connectivity index (χ1) is 10.1. The van der Waals surface area contributed by atoms with E-state index < -0.39 is 5.82 Å². The van der Waals surface area contributed by atoms with Crippen LogP contribution >= 0.6 is 11.6 Å². The summed E-state index contributed by atoms with van der Waals surface area (Å²) in [7, 11) is 0. The molecule has 1 aromatic rings. The van der Waals surface area contributed by atoms with E-state index in [0.717, 1.165) is 18.7 Å². The second-order valence-electron chi connectivity index (χ2n) is 4.85. The fourth-order valence-electron chi connectivity index (χ4n) is 2.44. The van der Waals surface area contributed by atoms with Crippen molar-refractivity contribution in [1.29, 1.82) is 0 Å². The first kappa shape index (κ1) is 16.2. The zero-order chi connectivity index (χ0) is 15.2. The number of ether oxygens (including phenoxy) is 2. The third-order valence-corrected chi connectivity index (χ3v) is 3.77. The third kappa shape index (κ3) is 4.40. The van der Waals surface area contributed by atoms with Gasteiger partial charge < -0.3 is 9.47 Å². The molecule has 1 unspecified atom stereocenters. The smallest absolute Gasteiger partial charge is 0.307 e. The molecule has 21 heavy (non-hydrogen) atoms. The number of rotatable bonds is 5. The van der Waals surface area contributed by atoms with E-state index in [2.05, 4.69) is 4.90 Å². The second kappa shape index (κ2) is 7.73. The molecule has 0 amide bonds. The summed E-state index contributed by atoms with van der Waals surface area (Å²) in [5, 5.41) is 0.0645. The van der Waals surface area contributed by atoms with Crippen LogP contribution in [0.2, 0.25) is 5.02 Å². The van der Waals surface area contributed by atoms with E-state index in [1.54, 1.807) is 19.1 Å². The van der Waals surface area contributed by atoms with Crippen molar-refractivity contribution in [3.8, 4) is 0 Å². The molecule has 116 valence electrons. The highest BCUT2D eigenvalue weighted by Crippen LogP contribution is 2.28. The zero-order valence-electron chi connectivity index (χ0n) is 12.0. The number of nitrogens with zero attached hydrogens (tertiary/aromatic N) is 1. The Balaban J connectivity index is 2.20. The molecule has 0 saturated carbocycles. The van der Waals surface area contributed by atoms with Gasteiger partial charge in [-0.2, -0.15) is 0 Å². The Kier molecular flexibility index (Phi) is 5.96. The average molecular weight is 316 g/mol. The summed E-state index contributed by atoms with van der Waals surface area (Å²) in [6.07, 6.45) is 0.218. The van der Waals surface area contributed by atoms with Crippen LogP contribution in [-0.4, -0.2) is 43.8 Å². The number of esters is 1. The van der Waals surface area contributed by atoms with Crippen LogP contribution in [0.15, 0.2) is 18.2 Å². The third-order valence-electron chi connectivity index (χ3n) is 3.48. The first-order valence-electron chi connectivity index (χ1n) is 7.04. The number of carbonyl (C=O) groups excluding carboxylic acids is 1. The molecule has 2 rings (SSSR count). The minimum Gasteiger partial charge on any atom is -0.466 e. The predicted molar refractivity (Wildman–Crippen MR) is 77.8 cm³/mol. The summed E-state index contributed by atoms with van der Waals surface area (Å²) in [5.41, 5.74) is 0.816. The Bertz CT molecular complexity index is 492. The molecular formula is C15H19ClFNO3. The van der Waals surface area contributed by atoms with Gasteiger partial charge in [0.2, 0.25) is 0 Å². The maximum Gasteiger partial charge on any atom is 0.307 e. The maximum absolute atomic E-state index is 13.3. The Morgan fingerprint density at radius 3 is 2.81 bits per heavy atom. The first-order valence-corrected chi connectivity index (χ1v) is 7.42. The highest BCUT2D eigenvalue weighted by molar-refractivity contribution is 6.30. The lowest BCUT2D eigenvalue weighted by atomic mass is 10.0. The second-order valence-corrected chi connectivity index (χ2v) is 5.25. The fraction of sp³-hybridized carbons (Fsp3) is 0.533. The van der Waals surface area contributed by atoms with Gasteiger partial charge in [0.1, 0.15) is 5.82 Å². The Labute approximate surface area is 128 Å². The number of halogens is 2. The van der Waals surface area contributed by atoms with E-state index in [-0.39, 0.29) is 23.5 Å². The molecule has 0 aromatic heterocycles. The molecule has 1 heterocycles. The fourth-order valence-corrected chi connectivity index (χ4v) is 2.63. The molecule has 0 spiro atoms. The molecule has 1 fully saturated rings. The summed E-state index contributed by atoms with van der Waals surface area (Å²) in [5.74, 6) is -0.730. The van der Waals surface area contributed by atoms with Crippen molar-refractivity contribution in [2.45, 2.75) is 19.4 Å². The van der Waals surface area contributed by atoms with Gasteiger partial charge in [0, 0.05) is 19.1 Å². The molecule has 0 N–H and O–H groups in total. The number of benzene rings is 1. The molecule has 0 bridgehead atoms. The standard InChI is InChI=1S/C15H19ClFNO3/c1-2-21-15(19)10-14(18-5-7-20-8-6-18)11-3-4-13(17)12(16)9-11/h3-4,9,14H,2,5-8,10H2,1H3. The van der Waals surface area contributed by atoms with Gasteiger partial charge in [0.15, 0.2) is 0 Å². The average Bonchev–Trinajstić information content (AvgIpc) is 2.49. The quantitative estimate of drug-likeness (QED) is 0.783. The van der Waals surface area contributed by atoms with Crippen LogP contribution < -0.4 is 0 Å². The number of morpholine rings is 1. The summed E-state index contributed by atoms with van der Waals surface area (Å²) in [4.78, 5) is 14.0. The van der Waals surface area contributed by atoms with E-state index >= 15 is 0 Å². The normalized spacial score (nSPS) is 17.5.